The van der Waals surface area contributed by atoms with Gasteiger partial charge in [0, 0.05) is 18.3 Å². The molecular formula is C15H20N2O2S. The summed E-state index contributed by atoms with van der Waals surface area (Å²) in [6.45, 7) is 2.56. The van der Waals surface area contributed by atoms with Gasteiger partial charge in [-0.3, -0.25) is 14.5 Å². The van der Waals surface area contributed by atoms with E-state index < -0.39 is 0 Å². The molecule has 1 aromatic rings. The zero-order chi connectivity index (χ0) is 14.5. The Bertz CT molecular complexity index is 469. The number of benzene rings is 1. The first-order valence-corrected chi connectivity index (χ1v) is 8.09. The molecule has 0 saturated heterocycles. The molecule has 1 unspecified atom stereocenters. The molecule has 20 heavy (non-hydrogen) atoms. The summed E-state index contributed by atoms with van der Waals surface area (Å²) in [7, 11) is 0. The Kier molecular flexibility index (Phi) is 5.20. The number of amides is 2. The van der Waals surface area contributed by atoms with Gasteiger partial charge in [0.1, 0.15) is 0 Å². The molecule has 108 valence electrons. The lowest BCUT2D eigenvalue weighted by Gasteiger charge is -2.14. The molecule has 4 nitrogen and oxygen atoms in total. The lowest BCUT2D eigenvalue weighted by Crippen LogP contribution is -2.31. The lowest BCUT2D eigenvalue weighted by molar-refractivity contribution is 0.0655. The Balaban J connectivity index is 1.81. The van der Waals surface area contributed by atoms with Crippen molar-refractivity contribution in [2.45, 2.75) is 25.8 Å². The molecule has 2 amide bonds. The van der Waals surface area contributed by atoms with Crippen LogP contribution in [0.1, 0.15) is 40.5 Å². The molecule has 0 aliphatic carbocycles. The van der Waals surface area contributed by atoms with Gasteiger partial charge < -0.3 is 5.73 Å². The molecule has 0 aromatic heterocycles. The number of imide groups is 1. The van der Waals surface area contributed by atoms with E-state index in [2.05, 4.69) is 6.92 Å². The number of nitrogens with zero attached hydrogens (tertiary/aromatic N) is 1. The van der Waals surface area contributed by atoms with Crippen LogP contribution < -0.4 is 5.73 Å². The van der Waals surface area contributed by atoms with Gasteiger partial charge >= 0.3 is 0 Å². The second-order valence-electron chi connectivity index (χ2n) is 4.90. The highest BCUT2D eigenvalue weighted by Crippen LogP contribution is 2.22. The minimum absolute atomic E-state index is 0.166. The smallest absolute Gasteiger partial charge is 0.261 e. The van der Waals surface area contributed by atoms with Crippen molar-refractivity contribution in [2.75, 3.05) is 18.1 Å². The standard InChI is InChI=1S/C15H20N2O2S/c1-2-11(16)10-20-9-5-8-17-14(18)12-6-3-4-7-13(12)15(17)19/h3-4,6-7,11H,2,5,8-10,16H2,1H3. The van der Waals surface area contributed by atoms with E-state index in [0.29, 0.717) is 17.7 Å². The van der Waals surface area contributed by atoms with Gasteiger partial charge in [-0.15, -0.1) is 0 Å². The fourth-order valence-electron chi connectivity index (χ4n) is 2.12. The van der Waals surface area contributed by atoms with Gasteiger partial charge in [-0.2, -0.15) is 11.8 Å². The Morgan fingerprint density at radius 2 is 1.80 bits per heavy atom. The van der Waals surface area contributed by atoms with E-state index >= 15 is 0 Å². The number of nitrogens with two attached hydrogens (primary N) is 1. The fraction of sp³-hybridized carbons (Fsp3) is 0.467. The second-order valence-corrected chi connectivity index (χ2v) is 6.05. The van der Waals surface area contributed by atoms with Crippen molar-refractivity contribution in [2.24, 2.45) is 5.73 Å². The number of rotatable bonds is 7. The molecule has 2 rings (SSSR count). The van der Waals surface area contributed by atoms with Crippen molar-refractivity contribution in [1.82, 2.24) is 4.90 Å². The van der Waals surface area contributed by atoms with Crippen LogP contribution in [0.4, 0.5) is 0 Å². The first-order chi connectivity index (χ1) is 9.65. The molecule has 1 aliphatic heterocycles. The van der Waals surface area contributed by atoms with Gasteiger partial charge in [-0.1, -0.05) is 19.1 Å². The molecule has 0 spiro atoms. The zero-order valence-electron chi connectivity index (χ0n) is 11.7. The van der Waals surface area contributed by atoms with Crippen LogP contribution in [0.15, 0.2) is 24.3 Å². The Morgan fingerprint density at radius 1 is 1.20 bits per heavy atom. The maximum atomic E-state index is 12.1. The van der Waals surface area contributed by atoms with E-state index in [-0.39, 0.29) is 17.9 Å². The van der Waals surface area contributed by atoms with Crippen molar-refractivity contribution >= 4 is 23.6 Å². The van der Waals surface area contributed by atoms with Crippen molar-refractivity contribution in [3.05, 3.63) is 35.4 Å². The minimum Gasteiger partial charge on any atom is -0.327 e. The monoisotopic (exact) mass is 292 g/mol. The van der Waals surface area contributed by atoms with E-state index in [1.807, 2.05) is 0 Å². The molecule has 0 bridgehead atoms. The van der Waals surface area contributed by atoms with E-state index in [1.165, 1.54) is 4.90 Å². The molecule has 1 atom stereocenters. The summed E-state index contributed by atoms with van der Waals surface area (Å²) in [6.07, 6.45) is 1.79. The highest BCUT2D eigenvalue weighted by Gasteiger charge is 2.34. The van der Waals surface area contributed by atoms with E-state index in [4.69, 9.17) is 5.73 Å². The normalized spacial score (nSPS) is 15.6. The van der Waals surface area contributed by atoms with E-state index in [1.54, 1.807) is 36.0 Å². The van der Waals surface area contributed by atoms with Gasteiger partial charge in [0.25, 0.3) is 11.8 Å². The molecule has 2 N–H and O–H groups in total. The summed E-state index contributed by atoms with van der Waals surface area (Å²) in [4.78, 5) is 25.6. The number of carbonyl (C=O) groups excluding carboxylic acids is 2. The average Bonchev–Trinajstić information content (AvgIpc) is 2.71. The summed E-state index contributed by atoms with van der Waals surface area (Å²) in [5.74, 6) is 1.52. The van der Waals surface area contributed by atoms with Gasteiger partial charge in [0.05, 0.1) is 11.1 Å². The fourth-order valence-corrected chi connectivity index (χ4v) is 3.16. The topological polar surface area (TPSA) is 63.4 Å². The molecular weight excluding hydrogens is 272 g/mol. The molecule has 0 radical (unpaired) electrons. The number of hydrogen-bond donors (Lipinski definition) is 1. The van der Waals surface area contributed by atoms with Crippen LogP contribution in [0.3, 0.4) is 0 Å². The Morgan fingerprint density at radius 3 is 2.35 bits per heavy atom. The van der Waals surface area contributed by atoms with Crippen molar-refractivity contribution < 1.29 is 9.59 Å². The van der Waals surface area contributed by atoms with E-state index in [0.717, 1.165) is 24.3 Å². The molecule has 1 heterocycles. The first-order valence-electron chi connectivity index (χ1n) is 6.93. The predicted molar refractivity (Wildman–Crippen MR) is 82.0 cm³/mol. The maximum Gasteiger partial charge on any atom is 0.261 e. The van der Waals surface area contributed by atoms with Crippen molar-refractivity contribution in [3.8, 4) is 0 Å². The van der Waals surface area contributed by atoms with Crippen molar-refractivity contribution in [1.29, 1.82) is 0 Å². The third-order valence-electron chi connectivity index (χ3n) is 3.40. The van der Waals surface area contributed by atoms with Crippen LogP contribution in [-0.4, -0.2) is 40.8 Å². The molecule has 1 aliphatic rings. The largest absolute Gasteiger partial charge is 0.327 e. The summed E-state index contributed by atoms with van der Waals surface area (Å²) in [6, 6.07) is 7.24. The number of hydrogen-bond acceptors (Lipinski definition) is 4. The number of thioether (sulfide) groups is 1. The van der Waals surface area contributed by atoms with Gasteiger partial charge in [0.15, 0.2) is 0 Å². The Hall–Kier alpha value is -1.33. The molecule has 1 aromatic carbocycles. The highest BCUT2D eigenvalue weighted by molar-refractivity contribution is 7.99. The minimum atomic E-state index is -0.166. The van der Waals surface area contributed by atoms with Crippen LogP contribution in [0.25, 0.3) is 0 Å². The summed E-state index contributed by atoms with van der Waals surface area (Å²) in [5.41, 5.74) is 6.89. The third-order valence-corrected chi connectivity index (χ3v) is 4.65. The van der Waals surface area contributed by atoms with Crippen LogP contribution in [-0.2, 0) is 0 Å². The van der Waals surface area contributed by atoms with Gasteiger partial charge in [-0.05, 0) is 30.7 Å². The lowest BCUT2D eigenvalue weighted by atomic mass is 10.1. The quantitative estimate of drug-likeness (QED) is 0.618. The maximum absolute atomic E-state index is 12.1. The summed E-state index contributed by atoms with van der Waals surface area (Å²) in [5, 5.41) is 0. The molecule has 5 heteroatoms. The van der Waals surface area contributed by atoms with E-state index in [9.17, 15) is 9.59 Å². The third kappa shape index (κ3) is 3.22. The SMILES string of the molecule is CCC(N)CSCCCN1C(=O)c2ccccc2C1=O. The van der Waals surface area contributed by atoms with Crippen molar-refractivity contribution in [3.63, 3.8) is 0 Å². The Labute approximate surface area is 123 Å². The highest BCUT2D eigenvalue weighted by atomic mass is 32.2. The van der Waals surface area contributed by atoms with Crippen LogP contribution in [0.5, 0.6) is 0 Å². The van der Waals surface area contributed by atoms with Crippen LogP contribution >= 0.6 is 11.8 Å². The summed E-state index contributed by atoms with van der Waals surface area (Å²) >= 11 is 1.78. The predicted octanol–water partition coefficient (Wildman–Crippen LogP) is 2.14. The molecule has 0 saturated carbocycles. The summed E-state index contributed by atoms with van der Waals surface area (Å²) < 4.78 is 0. The first kappa shape index (κ1) is 15.1. The molecule has 0 fully saturated rings. The van der Waals surface area contributed by atoms with Gasteiger partial charge in [-0.25, -0.2) is 0 Å². The number of carbonyl (C=O) groups is 2. The van der Waals surface area contributed by atoms with Crippen LogP contribution in [0.2, 0.25) is 0 Å². The van der Waals surface area contributed by atoms with Crippen LogP contribution in [0, 0.1) is 0 Å². The van der Waals surface area contributed by atoms with Gasteiger partial charge in [0.2, 0.25) is 0 Å². The average molecular weight is 292 g/mol. The zero-order valence-corrected chi connectivity index (χ0v) is 12.5. The number of fused-ring (bicyclic) bond motifs is 1. The second kappa shape index (κ2) is 6.90.